The van der Waals surface area contributed by atoms with Crippen molar-refractivity contribution in [3.63, 3.8) is 0 Å². The van der Waals surface area contributed by atoms with Crippen LogP contribution in [-0.4, -0.2) is 26.0 Å². The minimum atomic E-state index is -0.797. The van der Waals surface area contributed by atoms with Gasteiger partial charge in [0.15, 0.2) is 0 Å². The maximum atomic E-state index is 12.1. The Morgan fingerprint density at radius 3 is 2.52 bits per heavy atom. The molecule has 0 spiro atoms. The van der Waals surface area contributed by atoms with Gasteiger partial charge in [-0.1, -0.05) is 11.3 Å². The standard InChI is InChI=1S/C10H7N5O5S/c1-5-7(9(16)12-10-13-11-4-21-10)2-6(14(17)18)3-8(5)15(19)20/h2-4H,1H3,(H,12,13,16). The van der Waals surface area contributed by atoms with Crippen molar-refractivity contribution >= 4 is 33.8 Å². The number of nitrogens with zero attached hydrogens (tertiary/aromatic N) is 4. The molecule has 1 heterocycles. The zero-order chi connectivity index (χ0) is 15.6. The molecule has 2 rings (SSSR count). The molecule has 1 aromatic heterocycles. The molecule has 0 saturated heterocycles. The van der Waals surface area contributed by atoms with Gasteiger partial charge in [-0.05, 0) is 6.92 Å². The summed E-state index contributed by atoms with van der Waals surface area (Å²) in [5, 5.41) is 31.4. The number of nitro benzene ring substituents is 2. The van der Waals surface area contributed by atoms with Crippen LogP contribution in [0.5, 0.6) is 0 Å². The molecule has 0 bridgehead atoms. The second-order valence-corrected chi connectivity index (χ2v) is 4.68. The molecule has 1 amide bonds. The van der Waals surface area contributed by atoms with Crippen molar-refractivity contribution in [2.45, 2.75) is 6.92 Å². The van der Waals surface area contributed by atoms with E-state index in [1.54, 1.807) is 0 Å². The van der Waals surface area contributed by atoms with Crippen molar-refractivity contribution in [3.05, 3.63) is 49.0 Å². The molecule has 0 saturated carbocycles. The normalized spacial score (nSPS) is 10.1. The van der Waals surface area contributed by atoms with E-state index < -0.39 is 27.1 Å². The van der Waals surface area contributed by atoms with Crippen molar-refractivity contribution in [1.29, 1.82) is 0 Å². The van der Waals surface area contributed by atoms with Gasteiger partial charge in [0.1, 0.15) is 5.51 Å². The number of carbonyl (C=O) groups is 1. The highest BCUT2D eigenvalue weighted by Crippen LogP contribution is 2.28. The number of amides is 1. The van der Waals surface area contributed by atoms with E-state index in [4.69, 9.17) is 0 Å². The lowest BCUT2D eigenvalue weighted by atomic mass is 10.0. The summed E-state index contributed by atoms with van der Waals surface area (Å²) in [6.45, 7) is 1.34. The van der Waals surface area contributed by atoms with E-state index in [0.29, 0.717) is 0 Å². The van der Waals surface area contributed by atoms with Gasteiger partial charge in [0.2, 0.25) is 5.13 Å². The van der Waals surface area contributed by atoms with Gasteiger partial charge in [-0.15, -0.1) is 10.2 Å². The van der Waals surface area contributed by atoms with Crippen molar-refractivity contribution in [3.8, 4) is 0 Å². The van der Waals surface area contributed by atoms with Crippen LogP contribution >= 0.6 is 11.3 Å². The van der Waals surface area contributed by atoms with Crippen LogP contribution in [0.2, 0.25) is 0 Å². The highest BCUT2D eigenvalue weighted by Gasteiger charge is 2.25. The van der Waals surface area contributed by atoms with Crippen LogP contribution in [0.4, 0.5) is 16.5 Å². The second kappa shape index (κ2) is 5.58. The predicted octanol–water partition coefficient (Wildman–Crippen LogP) is 1.92. The highest BCUT2D eigenvalue weighted by molar-refractivity contribution is 7.13. The Balaban J connectivity index is 2.48. The van der Waals surface area contributed by atoms with Crippen LogP contribution < -0.4 is 5.32 Å². The lowest BCUT2D eigenvalue weighted by Gasteiger charge is -2.06. The number of carbonyl (C=O) groups excluding carboxylic acids is 1. The fourth-order valence-electron chi connectivity index (χ4n) is 1.61. The molecule has 0 aliphatic carbocycles. The molecule has 1 aromatic carbocycles. The van der Waals surface area contributed by atoms with Crippen LogP contribution in [-0.2, 0) is 0 Å². The summed E-state index contributed by atoms with van der Waals surface area (Å²) >= 11 is 1.05. The van der Waals surface area contributed by atoms with Gasteiger partial charge < -0.3 is 0 Å². The molecule has 0 atom stereocenters. The Hall–Kier alpha value is -2.95. The summed E-state index contributed by atoms with van der Waals surface area (Å²) < 4.78 is 0. The summed E-state index contributed by atoms with van der Waals surface area (Å²) in [4.78, 5) is 32.2. The summed E-state index contributed by atoms with van der Waals surface area (Å²) in [5.74, 6) is -0.726. The van der Waals surface area contributed by atoms with Gasteiger partial charge in [0.25, 0.3) is 17.3 Å². The Morgan fingerprint density at radius 1 is 1.29 bits per heavy atom. The average molecular weight is 309 g/mol. The van der Waals surface area contributed by atoms with Gasteiger partial charge in [0.05, 0.1) is 21.5 Å². The van der Waals surface area contributed by atoms with Gasteiger partial charge in [-0.2, -0.15) is 0 Å². The number of non-ortho nitro benzene ring substituents is 1. The van der Waals surface area contributed by atoms with Crippen LogP contribution in [0, 0.1) is 27.2 Å². The van der Waals surface area contributed by atoms with Crippen molar-refractivity contribution < 1.29 is 14.6 Å². The van der Waals surface area contributed by atoms with Crippen LogP contribution in [0.15, 0.2) is 17.6 Å². The minimum Gasteiger partial charge on any atom is -0.296 e. The van der Waals surface area contributed by atoms with Gasteiger partial charge >= 0.3 is 0 Å². The number of aromatic nitrogens is 2. The summed E-state index contributed by atoms with van der Waals surface area (Å²) in [5.41, 5.74) is 0.235. The number of hydrogen-bond acceptors (Lipinski definition) is 8. The number of anilines is 1. The highest BCUT2D eigenvalue weighted by atomic mass is 32.1. The molecule has 108 valence electrons. The van der Waals surface area contributed by atoms with E-state index in [1.807, 2.05) is 0 Å². The lowest BCUT2D eigenvalue weighted by Crippen LogP contribution is -2.14. The quantitative estimate of drug-likeness (QED) is 0.671. The lowest BCUT2D eigenvalue weighted by molar-refractivity contribution is -0.394. The maximum absolute atomic E-state index is 12.1. The van der Waals surface area contributed by atoms with Gasteiger partial charge in [-0.3, -0.25) is 30.3 Å². The van der Waals surface area contributed by atoms with Gasteiger partial charge in [-0.25, -0.2) is 0 Å². The molecular formula is C10H7N5O5S. The second-order valence-electron chi connectivity index (χ2n) is 3.85. The molecule has 0 radical (unpaired) electrons. The average Bonchev–Trinajstić information content (AvgIpc) is 2.90. The molecule has 11 heteroatoms. The number of nitro groups is 2. The summed E-state index contributed by atoms with van der Waals surface area (Å²) in [6.07, 6.45) is 0. The molecule has 10 nitrogen and oxygen atoms in total. The summed E-state index contributed by atoms with van der Waals surface area (Å²) in [7, 11) is 0. The molecule has 1 N–H and O–H groups in total. The molecule has 0 aliphatic heterocycles. The zero-order valence-corrected chi connectivity index (χ0v) is 11.3. The third-order valence-electron chi connectivity index (χ3n) is 2.60. The summed E-state index contributed by atoms with van der Waals surface area (Å²) in [6, 6.07) is 1.80. The van der Waals surface area contributed by atoms with E-state index in [-0.39, 0.29) is 16.3 Å². The number of benzene rings is 1. The first-order valence-corrected chi connectivity index (χ1v) is 6.29. The van der Waals surface area contributed by atoms with Crippen molar-refractivity contribution in [2.24, 2.45) is 0 Å². The fraction of sp³-hybridized carbons (Fsp3) is 0.100. The molecule has 0 fully saturated rings. The molecule has 2 aromatic rings. The largest absolute Gasteiger partial charge is 0.296 e. The predicted molar refractivity (Wildman–Crippen MR) is 72.4 cm³/mol. The molecule has 0 unspecified atom stereocenters. The fourth-order valence-corrected chi connectivity index (χ4v) is 2.05. The zero-order valence-electron chi connectivity index (χ0n) is 10.5. The van der Waals surface area contributed by atoms with E-state index in [9.17, 15) is 25.0 Å². The Kier molecular flexibility index (Phi) is 3.84. The maximum Gasteiger partial charge on any atom is 0.279 e. The Morgan fingerprint density at radius 2 is 2.00 bits per heavy atom. The number of nitrogens with one attached hydrogen (secondary N) is 1. The third-order valence-corrected chi connectivity index (χ3v) is 3.20. The van der Waals surface area contributed by atoms with Crippen LogP contribution in [0.25, 0.3) is 0 Å². The van der Waals surface area contributed by atoms with E-state index in [0.717, 1.165) is 23.5 Å². The first-order chi connectivity index (χ1) is 9.90. The molecule has 0 aliphatic rings. The van der Waals surface area contributed by atoms with E-state index in [2.05, 4.69) is 15.5 Å². The number of rotatable bonds is 4. The van der Waals surface area contributed by atoms with Crippen LogP contribution in [0.1, 0.15) is 15.9 Å². The van der Waals surface area contributed by atoms with Crippen LogP contribution in [0.3, 0.4) is 0 Å². The van der Waals surface area contributed by atoms with Crippen molar-refractivity contribution in [1.82, 2.24) is 10.2 Å². The van der Waals surface area contributed by atoms with Crippen molar-refractivity contribution in [2.75, 3.05) is 5.32 Å². The smallest absolute Gasteiger partial charge is 0.279 e. The van der Waals surface area contributed by atoms with E-state index in [1.165, 1.54) is 12.4 Å². The molecule has 21 heavy (non-hydrogen) atoms. The number of hydrogen-bond donors (Lipinski definition) is 1. The molecular weight excluding hydrogens is 302 g/mol. The topological polar surface area (TPSA) is 141 Å². The first-order valence-electron chi connectivity index (χ1n) is 5.41. The first kappa shape index (κ1) is 14.5. The van der Waals surface area contributed by atoms with Gasteiger partial charge in [0, 0.05) is 11.6 Å². The monoisotopic (exact) mass is 309 g/mol. The minimum absolute atomic E-state index is 0.0348. The van der Waals surface area contributed by atoms with E-state index >= 15 is 0 Å². The Bertz CT molecular complexity index is 730. The SMILES string of the molecule is Cc1c(C(=O)Nc2nncs2)cc([N+](=O)[O-])cc1[N+](=O)[O-]. The third kappa shape index (κ3) is 2.97. The Labute approximate surface area is 120 Å².